The summed E-state index contributed by atoms with van der Waals surface area (Å²) in [5, 5.41) is 1.40. The Kier molecular flexibility index (Phi) is 10.3. The Morgan fingerprint density at radius 1 is 0.857 bits per heavy atom. The van der Waals surface area contributed by atoms with Crippen LogP contribution in [0.3, 0.4) is 0 Å². The van der Waals surface area contributed by atoms with Crippen LogP contribution < -0.4 is 4.74 Å². The van der Waals surface area contributed by atoms with E-state index in [1.54, 1.807) is 18.7 Å². The molecule has 1 radical (unpaired) electrons. The fourth-order valence-corrected chi connectivity index (χ4v) is 3.05. The number of rotatable bonds is 11. The van der Waals surface area contributed by atoms with Crippen molar-refractivity contribution in [1.82, 2.24) is 0 Å². The molecule has 21 heavy (non-hydrogen) atoms. The summed E-state index contributed by atoms with van der Waals surface area (Å²) in [6.07, 6.45) is 11.3. The van der Waals surface area contributed by atoms with E-state index in [1.807, 2.05) is 0 Å². The third kappa shape index (κ3) is 8.18. The van der Waals surface area contributed by atoms with Crippen molar-refractivity contribution in [2.75, 3.05) is 0 Å². The molecule has 1 nitrogen and oxygen atoms in total. The fourth-order valence-electron chi connectivity index (χ4n) is 2.15. The molecule has 0 aliphatic heterocycles. The van der Waals surface area contributed by atoms with Crippen LogP contribution >= 0.6 is 34.8 Å². The Balaban J connectivity index is 2.07. The lowest BCUT2D eigenvalue weighted by molar-refractivity contribution is 0.383. The Morgan fingerprint density at radius 3 is 1.95 bits per heavy atom. The van der Waals surface area contributed by atoms with Crippen molar-refractivity contribution >= 4 is 34.8 Å². The molecule has 0 atom stereocenters. The molecule has 1 aromatic rings. The van der Waals surface area contributed by atoms with Gasteiger partial charge >= 0.3 is 0 Å². The maximum absolute atomic E-state index is 6.04. The molecular weight excluding hydrogens is 327 g/mol. The first kappa shape index (κ1) is 18.9. The van der Waals surface area contributed by atoms with E-state index < -0.39 is 0 Å². The molecule has 0 N–H and O–H groups in total. The van der Waals surface area contributed by atoms with Gasteiger partial charge in [0.15, 0.2) is 5.75 Å². The monoisotopic (exact) mass is 349 g/mol. The van der Waals surface area contributed by atoms with E-state index in [2.05, 4.69) is 6.92 Å². The van der Waals surface area contributed by atoms with Gasteiger partial charge in [-0.2, -0.15) is 0 Å². The van der Waals surface area contributed by atoms with E-state index in [-0.39, 0.29) is 0 Å². The highest BCUT2D eigenvalue weighted by Gasteiger charge is 2.09. The van der Waals surface area contributed by atoms with E-state index in [4.69, 9.17) is 39.5 Å². The van der Waals surface area contributed by atoms with Gasteiger partial charge in [-0.05, 0) is 25.0 Å². The summed E-state index contributed by atoms with van der Waals surface area (Å²) in [6, 6.07) is 3.27. The van der Waals surface area contributed by atoms with Crippen molar-refractivity contribution < 1.29 is 4.74 Å². The largest absolute Gasteiger partial charge is 0.483 e. The minimum atomic E-state index is 0.444. The first-order chi connectivity index (χ1) is 10.1. The Morgan fingerprint density at radius 2 is 1.38 bits per heavy atom. The van der Waals surface area contributed by atoms with Gasteiger partial charge in [0.2, 0.25) is 0 Å². The van der Waals surface area contributed by atoms with Gasteiger partial charge in [-0.15, -0.1) is 0 Å². The van der Waals surface area contributed by atoms with E-state index >= 15 is 0 Å². The summed E-state index contributed by atoms with van der Waals surface area (Å²) >= 11 is 17.9. The molecule has 0 aliphatic carbocycles. The molecular formula is C17H24Cl3O. The van der Waals surface area contributed by atoms with E-state index in [1.165, 1.54) is 44.9 Å². The molecule has 0 saturated heterocycles. The van der Waals surface area contributed by atoms with Crippen molar-refractivity contribution in [3.8, 4) is 5.75 Å². The molecule has 0 amide bonds. The molecule has 4 heteroatoms. The van der Waals surface area contributed by atoms with Crippen molar-refractivity contribution in [2.24, 2.45) is 0 Å². The highest BCUT2D eigenvalue weighted by molar-refractivity contribution is 6.40. The molecule has 0 aliphatic rings. The lowest BCUT2D eigenvalue weighted by Gasteiger charge is -2.09. The number of halogens is 3. The maximum atomic E-state index is 6.04. The van der Waals surface area contributed by atoms with E-state index in [0.29, 0.717) is 20.8 Å². The molecule has 0 saturated carbocycles. The third-order valence-corrected chi connectivity index (χ3v) is 4.12. The van der Waals surface area contributed by atoms with Gasteiger partial charge in [0, 0.05) is 5.02 Å². The van der Waals surface area contributed by atoms with Crippen LogP contribution in [0.1, 0.15) is 64.7 Å². The van der Waals surface area contributed by atoms with Gasteiger partial charge < -0.3 is 4.74 Å². The third-order valence-electron chi connectivity index (χ3n) is 3.34. The summed E-state index contributed by atoms with van der Waals surface area (Å²) in [4.78, 5) is 0. The average Bonchev–Trinajstić information content (AvgIpc) is 2.43. The van der Waals surface area contributed by atoms with Crippen LogP contribution in [0.25, 0.3) is 0 Å². The van der Waals surface area contributed by atoms with E-state index in [9.17, 15) is 0 Å². The zero-order chi connectivity index (χ0) is 15.5. The normalized spacial score (nSPS) is 10.9. The second-order valence-corrected chi connectivity index (χ2v) is 6.50. The van der Waals surface area contributed by atoms with Crippen molar-refractivity contribution in [2.45, 2.75) is 64.7 Å². The highest BCUT2D eigenvalue weighted by atomic mass is 35.5. The minimum absolute atomic E-state index is 0.444. The lowest BCUT2D eigenvalue weighted by atomic mass is 10.1. The second kappa shape index (κ2) is 11.5. The zero-order valence-electron chi connectivity index (χ0n) is 12.6. The summed E-state index contributed by atoms with van der Waals surface area (Å²) in [7, 11) is 0. The van der Waals surface area contributed by atoms with Crippen molar-refractivity contribution in [3.63, 3.8) is 0 Å². The fraction of sp³-hybridized carbons (Fsp3) is 0.588. The van der Waals surface area contributed by atoms with E-state index in [0.717, 1.165) is 12.8 Å². The van der Waals surface area contributed by atoms with Crippen molar-refractivity contribution in [3.05, 3.63) is 33.8 Å². The number of unbranched alkanes of at least 4 members (excludes halogenated alkanes) is 8. The summed E-state index contributed by atoms with van der Waals surface area (Å²) in [5.41, 5.74) is 0. The first-order valence-corrected chi connectivity index (χ1v) is 8.91. The molecule has 119 valence electrons. The molecule has 0 bridgehead atoms. The highest BCUT2D eigenvalue weighted by Crippen LogP contribution is 2.36. The zero-order valence-corrected chi connectivity index (χ0v) is 14.9. The number of benzene rings is 1. The molecule has 0 aromatic heterocycles. The molecule has 1 rings (SSSR count). The molecule has 0 fully saturated rings. The lowest BCUT2D eigenvalue weighted by Crippen LogP contribution is -1.92. The molecule has 0 spiro atoms. The summed E-state index contributed by atoms with van der Waals surface area (Å²) < 4.78 is 5.53. The van der Waals surface area contributed by atoms with Gasteiger partial charge in [-0.3, -0.25) is 0 Å². The second-order valence-electron chi connectivity index (χ2n) is 5.25. The van der Waals surface area contributed by atoms with Gasteiger partial charge in [0.25, 0.3) is 0 Å². The first-order valence-electron chi connectivity index (χ1n) is 7.78. The van der Waals surface area contributed by atoms with Gasteiger partial charge in [-0.1, -0.05) is 86.7 Å². The van der Waals surface area contributed by atoms with Crippen molar-refractivity contribution in [1.29, 1.82) is 0 Å². The summed E-state index contributed by atoms with van der Waals surface area (Å²) in [6.45, 7) is 4.02. The summed E-state index contributed by atoms with van der Waals surface area (Å²) in [5.74, 6) is 0.488. The smallest absolute Gasteiger partial charge is 0.157 e. The van der Waals surface area contributed by atoms with Crippen LogP contribution in [0, 0.1) is 6.61 Å². The van der Waals surface area contributed by atoms with Gasteiger partial charge in [0.05, 0.1) is 10.0 Å². The predicted molar refractivity (Wildman–Crippen MR) is 93.6 cm³/mol. The van der Waals surface area contributed by atoms with Crippen LogP contribution in [-0.4, -0.2) is 0 Å². The minimum Gasteiger partial charge on any atom is -0.483 e. The van der Waals surface area contributed by atoms with Crippen LogP contribution in [0.2, 0.25) is 15.1 Å². The SMILES string of the molecule is CCCCCCCCCC[CH]Oc1c(Cl)cc(Cl)cc1Cl. The van der Waals surface area contributed by atoms with Crippen LogP contribution in [0.5, 0.6) is 5.75 Å². The predicted octanol–water partition coefficient (Wildman–Crippen LogP) is 7.72. The van der Waals surface area contributed by atoms with Gasteiger partial charge in [-0.25, -0.2) is 0 Å². The number of hydrogen-bond acceptors (Lipinski definition) is 1. The molecule has 0 heterocycles. The Hall–Kier alpha value is -0.110. The number of ether oxygens (including phenoxy) is 1. The standard InChI is InChI=1S/C17H24Cl3O/c1-2-3-4-5-6-7-8-9-10-11-21-17-15(19)12-14(18)13-16(17)20/h11-13H,2-10H2,1H3. The quantitative estimate of drug-likeness (QED) is 0.371. The molecule has 0 unspecified atom stereocenters. The average molecular weight is 351 g/mol. The molecule has 1 aromatic carbocycles. The Bertz CT molecular complexity index is 384. The van der Waals surface area contributed by atoms with Crippen LogP contribution in [0.4, 0.5) is 0 Å². The van der Waals surface area contributed by atoms with Gasteiger partial charge in [0.1, 0.15) is 6.61 Å². The topological polar surface area (TPSA) is 9.23 Å². The van der Waals surface area contributed by atoms with Crippen LogP contribution in [-0.2, 0) is 0 Å². The Labute approximate surface area is 143 Å². The van der Waals surface area contributed by atoms with Crippen LogP contribution in [0.15, 0.2) is 12.1 Å². The number of hydrogen-bond donors (Lipinski definition) is 0. The maximum Gasteiger partial charge on any atom is 0.157 e.